The average molecular weight is 275 g/mol. The molecule has 108 valence electrons. The van der Waals surface area contributed by atoms with E-state index in [0.717, 1.165) is 24.1 Å². The summed E-state index contributed by atoms with van der Waals surface area (Å²) in [6.45, 7) is 4.50. The summed E-state index contributed by atoms with van der Waals surface area (Å²) in [5.74, 6) is 0.509. The van der Waals surface area contributed by atoms with Crippen molar-refractivity contribution in [1.82, 2.24) is 15.5 Å². The van der Waals surface area contributed by atoms with Gasteiger partial charge in [0.05, 0.1) is 5.69 Å². The maximum absolute atomic E-state index is 11.3. The van der Waals surface area contributed by atoms with Crippen LogP contribution < -0.4 is 10.2 Å². The Balaban J connectivity index is 3.06. The molecule has 0 spiro atoms. The second-order valence-corrected chi connectivity index (χ2v) is 4.49. The van der Waals surface area contributed by atoms with Crippen LogP contribution in [0.25, 0.3) is 0 Å². The van der Waals surface area contributed by atoms with Crippen LogP contribution in [0, 0.1) is 11.3 Å². The van der Waals surface area contributed by atoms with E-state index in [1.54, 1.807) is 11.9 Å². The third-order valence-electron chi connectivity index (χ3n) is 3.25. The second-order valence-electron chi connectivity index (χ2n) is 4.49. The van der Waals surface area contributed by atoms with Gasteiger partial charge in [0.25, 0.3) is 0 Å². The fraction of sp³-hybridized carbons (Fsp3) is 0.571. The minimum Gasteiger partial charge on any atom is -0.359 e. The molecule has 0 radical (unpaired) electrons. The summed E-state index contributed by atoms with van der Waals surface area (Å²) in [6.07, 6.45) is 1.86. The first kappa shape index (κ1) is 15.9. The third-order valence-corrected chi connectivity index (χ3v) is 3.25. The highest BCUT2D eigenvalue weighted by molar-refractivity contribution is 5.76. The van der Waals surface area contributed by atoms with Gasteiger partial charge in [-0.25, -0.2) is 0 Å². The van der Waals surface area contributed by atoms with E-state index in [2.05, 4.69) is 21.6 Å². The van der Waals surface area contributed by atoms with Crippen molar-refractivity contribution in [3.8, 4) is 6.07 Å². The Morgan fingerprint density at radius 3 is 2.55 bits per heavy atom. The summed E-state index contributed by atoms with van der Waals surface area (Å²) in [7, 11) is 3.42. The minimum absolute atomic E-state index is 0.0378. The molecule has 6 nitrogen and oxygen atoms in total. The van der Waals surface area contributed by atoms with Crippen molar-refractivity contribution in [1.29, 1.82) is 5.26 Å². The number of carbonyl (C=O) groups is 1. The van der Waals surface area contributed by atoms with E-state index in [1.807, 2.05) is 20.9 Å². The van der Waals surface area contributed by atoms with E-state index in [0.29, 0.717) is 24.3 Å². The molecule has 0 bridgehead atoms. The summed E-state index contributed by atoms with van der Waals surface area (Å²) in [5.41, 5.74) is 2.39. The number of aryl methyl sites for hydroxylation is 1. The number of hydrogen-bond acceptors (Lipinski definition) is 5. The van der Waals surface area contributed by atoms with Gasteiger partial charge in [0.2, 0.25) is 5.91 Å². The molecule has 0 saturated carbocycles. The molecule has 0 unspecified atom stereocenters. The molecule has 0 atom stereocenters. The first-order chi connectivity index (χ1) is 9.58. The second kappa shape index (κ2) is 7.43. The van der Waals surface area contributed by atoms with Crippen molar-refractivity contribution >= 4 is 11.7 Å². The molecule has 0 aromatic carbocycles. The summed E-state index contributed by atoms with van der Waals surface area (Å²) in [4.78, 5) is 13.1. The summed E-state index contributed by atoms with van der Waals surface area (Å²) in [6, 6.07) is 2.23. The molecular formula is C14H21N5O. The zero-order chi connectivity index (χ0) is 15.1. The molecule has 0 saturated heterocycles. The van der Waals surface area contributed by atoms with Gasteiger partial charge in [0.15, 0.2) is 5.82 Å². The van der Waals surface area contributed by atoms with Crippen LogP contribution in [0.4, 0.5) is 5.82 Å². The monoisotopic (exact) mass is 275 g/mol. The van der Waals surface area contributed by atoms with E-state index in [9.17, 15) is 10.1 Å². The standard InChI is InChI=1S/C14H21N5O/c1-5-10-11(9-15)14(18-17-12(10)6-2)19(4)8-7-13(20)16-3/h5-8H2,1-4H3,(H,16,20). The first-order valence-electron chi connectivity index (χ1n) is 6.79. The summed E-state index contributed by atoms with van der Waals surface area (Å²) < 4.78 is 0. The molecular weight excluding hydrogens is 254 g/mol. The van der Waals surface area contributed by atoms with Gasteiger partial charge in [0.1, 0.15) is 11.6 Å². The highest BCUT2D eigenvalue weighted by atomic mass is 16.1. The lowest BCUT2D eigenvalue weighted by atomic mass is 10.0. The van der Waals surface area contributed by atoms with E-state index < -0.39 is 0 Å². The van der Waals surface area contributed by atoms with Gasteiger partial charge in [-0.15, -0.1) is 5.10 Å². The van der Waals surface area contributed by atoms with E-state index in [1.165, 1.54) is 0 Å². The molecule has 1 aromatic rings. The quantitative estimate of drug-likeness (QED) is 0.839. The van der Waals surface area contributed by atoms with Crippen molar-refractivity contribution in [2.75, 3.05) is 25.5 Å². The van der Waals surface area contributed by atoms with Crippen LogP contribution in [-0.2, 0) is 17.6 Å². The normalized spacial score (nSPS) is 9.95. The Morgan fingerprint density at radius 2 is 2.05 bits per heavy atom. The lowest BCUT2D eigenvalue weighted by Crippen LogP contribution is -2.28. The van der Waals surface area contributed by atoms with Gasteiger partial charge in [-0.3, -0.25) is 4.79 Å². The smallest absolute Gasteiger partial charge is 0.221 e. The zero-order valence-corrected chi connectivity index (χ0v) is 12.5. The molecule has 1 aromatic heterocycles. The fourth-order valence-electron chi connectivity index (χ4n) is 2.05. The molecule has 0 aliphatic heterocycles. The number of anilines is 1. The first-order valence-corrected chi connectivity index (χ1v) is 6.79. The average Bonchev–Trinajstić information content (AvgIpc) is 2.50. The third kappa shape index (κ3) is 3.44. The van der Waals surface area contributed by atoms with Crippen molar-refractivity contribution in [3.05, 3.63) is 16.8 Å². The maximum Gasteiger partial charge on any atom is 0.221 e. The van der Waals surface area contributed by atoms with Gasteiger partial charge < -0.3 is 10.2 Å². The van der Waals surface area contributed by atoms with E-state index in [-0.39, 0.29) is 5.91 Å². The number of hydrogen-bond donors (Lipinski definition) is 1. The molecule has 0 aliphatic rings. The largest absolute Gasteiger partial charge is 0.359 e. The zero-order valence-electron chi connectivity index (χ0n) is 12.5. The fourth-order valence-corrected chi connectivity index (χ4v) is 2.05. The van der Waals surface area contributed by atoms with Crippen LogP contribution in [0.1, 0.15) is 37.1 Å². The Bertz CT molecular complexity index is 521. The minimum atomic E-state index is -0.0378. The number of nitrogens with zero attached hydrogens (tertiary/aromatic N) is 4. The number of nitrogens with one attached hydrogen (secondary N) is 1. The Hall–Kier alpha value is -2.16. The summed E-state index contributed by atoms with van der Waals surface area (Å²) in [5, 5.41) is 20.3. The van der Waals surface area contributed by atoms with Crippen LogP contribution in [-0.4, -0.2) is 36.7 Å². The highest BCUT2D eigenvalue weighted by Gasteiger charge is 2.17. The van der Waals surface area contributed by atoms with Gasteiger partial charge in [-0.05, 0) is 18.4 Å². The maximum atomic E-state index is 11.3. The van der Waals surface area contributed by atoms with Crippen LogP contribution >= 0.6 is 0 Å². The van der Waals surface area contributed by atoms with Crippen molar-refractivity contribution in [2.45, 2.75) is 33.1 Å². The van der Waals surface area contributed by atoms with Gasteiger partial charge in [-0.1, -0.05) is 13.8 Å². The summed E-state index contributed by atoms with van der Waals surface area (Å²) >= 11 is 0. The highest BCUT2D eigenvalue weighted by Crippen LogP contribution is 2.22. The van der Waals surface area contributed by atoms with Gasteiger partial charge in [0, 0.05) is 27.1 Å². The van der Waals surface area contributed by atoms with Crippen LogP contribution in [0.3, 0.4) is 0 Å². The van der Waals surface area contributed by atoms with Crippen LogP contribution in [0.5, 0.6) is 0 Å². The molecule has 6 heteroatoms. The SMILES string of the molecule is CCc1nnc(N(C)CCC(=O)NC)c(C#N)c1CC. The number of aromatic nitrogens is 2. The van der Waals surface area contributed by atoms with Gasteiger partial charge in [-0.2, -0.15) is 10.4 Å². The Labute approximate surface area is 119 Å². The molecule has 1 heterocycles. The molecule has 1 amide bonds. The Morgan fingerprint density at radius 1 is 1.35 bits per heavy atom. The van der Waals surface area contributed by atoms with Crippen molar-refractivity contribution in [3.63, 3.8) is 0 Å². The molecule has 1 rings (SSSR count). The number of nitriles is 1. The predicted octanol–water partition coefficient (Wildman–Crippen LogP) is 1.05. The molecule has 0 fully saturated rings. The topological polar surface area (TPSA) is 81.9 Å². The lowest BCUT2D eigenvalue weighted by Gasteiger charge is -2.20. The van der Waals surface area contributed by atoms with Gasteiger partial charge >= 0.3 is 0 Å². The van der Waals surface area contributed by atoms with Crippen LogP contribution in [0.2, 0.25) is 0 Å². The molecule has 20 heavy (non-hydrogen) atoms. The van der Waals surface area contributed by atoms with Crippen molar-refractivity contribution in [2.24, 2.45) is 0 Å². The molecule has 1 N–H and O–H groups in total. The van der Waals surface area contributed by atoms with E-state index in [4.69, 9.17) is 0 Å². The number of carbonyl (C=O) groups excluding carboxylic acids is 1. The van der Waals surface area contributed by atoms with E-state index >= 15 is 0 Å². The van der Waals surface area contributed by atoms with Crippen LogP contribution in [0.15, 0.2) is 0 Å². The lowest BCUT2D eigenvalue weighted by molar-refractivity contribution is -0.120. The number of amides is 1. The van der Waals surface area contributed by atoms with Crippen molar-refractivity contribution < 1.29 is 4.79 Å². The predicted molar refractivity (Wildman–Crippen MR) is 77.5 cm³/mol. The number of rotatable bonds is 6. The Kier molecular flexibility index (Phi) is 5.91. The molecule has 0 aliphatic carbocycles.